The number of phenolic OH excluding ortho intramolecular Hbond substituents is 1. The zero-order valence-electron chi connectivity index (χ0n) is 11.2. The SMILES string of the molecule is NC(Cc1ccc(O)cc1)C(=O)NCCCCC(=O)O. The molecule has 0 aliphatic rings. The zero-order chi connectivity index (χ0) is 15.0. The van der Waals surface area contributed by atoms with Gasteiger partial charge in [-0.25, -0.2) is 0 Å². The first-order valence-corrected chi connectivity index (χ1v) is 6.52. The lowest BCUT2D eigenvalue weighted by Gasteiger charge is -2.12. The topological polar surface area (TPSA) is 113 Å². The summed E-state index contributed by atoms with van der Waals surface area (Å²) in [6, 6.07) is 5.88. The van der Waals surface area contributed by atoms with Crippen molar-refractivity contribution >= 4 is 11.9 Å². The van der Waals surface area contributed by atoms with Gasteiger partial charge in [0.1, 0.15) is 5.75 Å². The van der Waals surface area contributed by atoms with E-state index < -0.39 is 12.0 Å². The number of amides is 1. The number of aromatic hydroxyl groups is 1. The maximum Gasteiger partial charge on any atom is 0.303 e. The molecule has 6 nitrogen and oxygen atoms in total. The maximum absolute atomic E-state index is 11.7. The smallest absolute Gasteiger partial charge is 0.303 e. The van der Waals surface area contributed by atoms with Crippen LogP contribution in [-0.2, 0) is 16.0 Å². The van der Waals surface area contributed by atoms with E-state index in [1.165, 1.54) is 0 Å². The summed E-state index contributed by atoms with van der Waals surface area (Å²) in [5.74, 6) is -0.918. The second-order valence-corrected chi connectivity index (χ2v) is 4.62. The average molecular weight is 280 g/mol. The number of hydrogen-bond acceptors (Lipinski definition) is 4. The molecule has 110 valence electrons. The highest BCUT2D eigenvalue weighted by Gasteiger charge is 2.13. The minimum Gasteiger partial charge on any atom is -0.508 e. The summed E-state index contributed by atoms with van der Waals surface area (Å²) in [5, 5.41) is 20.3. The van der Waals surface area contributed by atoms with Crippen LogP contribution in [0.15, 0.2) is 24.3 Å². The van der Waals surface area contributed by atoms with Crippen LogP contribution < -0.4 is 11.1 Å². The van der Waals surface area contributed by atoms with Crippen LogP contribution in [0.25, 0.3) is 0 Å². The molecule has 1 atom stereocenters. The monoisotopic (exact) mass is 280 g/mol. The maximum atomic E-state index is 11.7. The van der Waals surface area contributed by atoms with Crippen LogP contribution >= 0.6 is 0 Å². The second-order valence-electron chi connectivity index (χ2n) is 4.62. The van der Waals surface area contributed by atoms with E-state index in [-0.39, 0.29) is 18.1 Å². The number of phenols is 1. The molecule has 5 N–H and O–H groups in total. The molecule has 6 heteroatoms. The number of aliphatic carboxylic acids is 1. The van der Waals surface area contributed by atoms with Gasteiger partial charge in [-0.05, 0) is 37.0 Å². The first-order chi connectivity index (χ1) is 9.49. The molecule has 0 radical (unpaired) electrons. The molecule has 1 aromatic rings. The Hall–Kier alpha value is -2.08. The number of unbranched alkanes of at least 4 members (excludes halogenated alkanes) is 1. The molecule has 1 unspecified atom stereocenters. The molecule has 0 saturated carbocycles. The van der Waals surface area contributed by atoms with E-state index in [2.05, 4.69) is 5.32 Å². The Morgan fingerprint density at radius 3 is 2.45 bits per heavy atom. The minimum atomic E-state index is -0.833. The molecule has 20 heavy (non-hydrogen) atoms. The number of nitrogens with two attached hydrogens (primary N) is 1. The van der Waals surface area contributed by atoms with Crippen molar-refractivity contribution in [3.63, 3.8) is 0 Å². The third kappa shape index (κ3) is 6.19. The largest absolute Gasteiger partial charge is 0.508 e. The number of rotatable bonds is 8. The van der Waals surface area contributed by atoms with Gasteiger partial charge < -0.3 is 21.3 Å². The summed E-state index contributed by atoms with van der Waals surface area (Å²) in [7, 11) is 0. The van der Waals surface area contributed by atoms with Crippen molar-refractivity contribution in [3.05, 3.63) is 29.8 Å². The fraction of sp³-hybridized carbons (Fsp3) is 0.429. The van der Waals surface area contributed by atoms with Gasteiger partial charge in [0.15, 0.2) is 0 Å². The quantitative estimate of drug-likeness (QED) is 0.522. The Bertz CT molecular complexity index is 445. The Labute approximate surface area is 117 Å². The van der Waals surface area contributed by atoms with Gasteiger partial charge in [-0.3, -0.25) is 9.59 Å². The number of carbonyl (C=O) groups excluding carboxylic acids is 1. The molecular formula is C14H20N2O4. The van der Waals surface area contributed by atoms with E-state index in [0.717, 1.165) is 5.56 Å². The summed E-state index contributed by atoms with van der Waals surface area (Å²) >= 11 is 0. The molecule has 1 amide bonds. The van der Waals surface area contributed by atoms with Gasteiger partial charge in [0.2, 0.25) is 5.91 Å². The predicted molar refractivity (Wildman–Crippen MR) is 74.3 cm³/mol. The third-order valence-corrected chi connectivity index (χ3v) is 2.85. The van der Waals surface area contributed by atoms with Crippen molar-refractivity contribution in [1.82, 2.24) is 5.32 Å². The fourth-order valence-electron chi connectivity index (χ4n) is 1.72. The van der Waals surface area contributed by atoms with E-state index in [4.69, 9.17) is 15.9 Å². The lowest BCUT2D eigenvalue weighted by Crippen LogP contribution is -2.42. The van der Waals surface area contributed by atoms with Gasteiger partial charge in [0, 0.05) is 13.0 Å². The number of benzene rings is 1. The van der Waals surface area contributed by atoms with Gasteiger partial charge in [-0.1, -0.05) is 12.1 Å². The van der Waals surface area contributed by atoms with Crippen LogP contribution in [0.1, 0.15) is 24.8 Å². The summed E-state index contributed by atoms with van der Waals surface area (Å²) < 4.78 is 0. The Balaban J connectivity index is 2.25. The molecule has 0 aromatic heterocycles. The molecule has 1 rings (SSSR count). The van der Waals surface area contributed by atoms with Crippen molar-refractivity contribution in [3.8, 4) is 5.75 Å². The molecular weight excluding hydrogens is 260 g/mol. The van der Waals surface area contributed by atoms with Crippen LogP contribution in [0, 0.1) is 0 Å². The van der Waals surface area contributed by atoms with E-state index in [0.29, 0.717) is 25.8 Å². The minimum absolute atomic E-state index is 0.107. The third-order valence-electron chi connectivity index (χ3n) is 2.85. The molecule has 0 saturated heterocycles. The molecule has 1 aromatic carbocycles. The van der Waals surface area contributed by atoms with Crippen molar-refractivity contribution < 1.29 is 19.8 Å². The first kappa shape index (κ1) is 16.0. The van der Waals surface area contributed by atoms with Crippen LogP contribution in [0.2, 0.25) is 0 Å². The number of nitrogens with one attached hydrogen (secondary N) is 1. The van der Waals surface area contributed by atoms with E-state index in [1.54, 1.807) is 24.3 Å². The van der Waals surface area contributed by atoms with Gasteiger partial charge in [0.05, 0.1) is 6.04 Å². The normalized spacial score (nSPS) is 11.8. The van der Waals surface area contributed by atoms with Gasteiger partial charge >= 0.3 is 5.97 Å². The lowest BCUT2D eigenvalue weighted by molar-refractivity contribution is -0.137. The summed E-state index contributed by atoms with van der Waals surface area (Å²) in [4.78, 5) is 22.0. The second kappa shape index (κ2) is 8.16. The highest BCUT2D eigenvalue weighted by atomic mass is 16.4. The Morgan fingerprint density at radius 2 is 1.85 bits per heavy atom. The molecule has 0 bridgehead atoms. The highest BCUT2D eigenvalue weighted by molar-refractivity contribution is 5.81. The number of carboxylic acid groups (broad SMARTS) is 1. The van der Waals surface area contributed by atoms with Crippen molar-refractivity contribution in [2.75, 3.05) is 6.54 Å². The van der Waals surface area contributed by atoms with Crippen molar-refractivity contribution in [2.24, 2.45) is 5.73 Å². The standard InChI is InChI=1S/C14H20N2O4/c15-12(9-10-4-6-11(17)7-5-10)14(20)16-8-2-1-3-13(18)19/h4-7,12,17H,1-3,8-9,15H2,(H,16,20)(H,18,19). The van der Waals surface area contributed by atoms with Crippen molar-refractivity contribution in [2.45, 2.75) is 31.7 Å². The van der Waals surface area contributed by atoms with Crippen LogP contribution in [-0.4, -0.2) is 34.7 Å². The first-order valence-electron chi connectivity index (χ1n) is 6.52. The van der Waals surface area contributed by atoms with Gasteiger partial charge in [-0.15, -0.1) is 0 Å². The molecule has 0 aliphatic heterocycles. The zero-order valence-corrected chi connectivity index (χ0v) is 11.2. The van der Waals surface area contributed by atoms with Crippen LogP contribution in [0.5, 0.6) is 5.75 Å². The molecule has 0 aliphatic carbocycles. The van der Waals surface area contributed by atoms with E-state index >= 15 is 0 Å². The van der Waals surface area contributed by atoms with Gasteiger partial charge in [0.25, 0.3) is 0 Å². The molecule has 0 fully saturated rings. The van der Waals surface area contributed by atoms with Crippen molar-refractivity contribution in [1.29, 1.82) is 0 Å². The predicted octanol–water partition coefficient (Wildman–Crippen LogP) is 0.633. The van der Waals surface area contributed by atoms with E-state index in [9.17, 15) is 9.59 Å². The fourth-order valence-corrected chi connectivity index (χ4v) is 1.72. The lowest BCUT2D eigenvalue weighted by atomic mass is 10.1. The number of carboxylic acids is 1. The molecule has 0 heterocycles. The van der Waals surface area contributed by atoms with E-state index in [1.807, 2.05) is 0 Å². The summed E-state index contributed by atoms with van der Waals surface area (Å²) in [6.07, 6.45) is 1.64. The molecule has 0 spiro atoms. The van der Waals surface area contributed by atoms with Crippen LogP contribution in [0.4, 0.5) is 0 Å². The summed E-state index contributed by atoms with van der Waals surface area (Å²) in [6.45, 7) is 0.426. The van der Waals surface area contributed by atoms with Gasteiger partial charge in [-0.2, -0.15) is 0 Å². The number of carbonyl (C=O) groups is 2. The Kier molecular flexibility index (Phi) is 6.52. The van der Waals surface area contributed by atoms with Crippen LogP contribution in [0.3, 0.4) is 0 Å². The summed E-state index contributed by atoms with van der Waals surface area (Å²) in [5.41, 5.74) is 6.65. The Morgan fingerprint density at radius 1 is 1.20 bits per heavy atom. The highest BCUT2D eigenvalue weighted by Crippen LogP contribution is 2.10. The average Bonchev–Trinajstić information content (AvgIpc) is 2.40. The number of hydrogen-bond donors (Lipinski definition) is 4.